The van der Waals surface area contributed by atoms with Crippen molar-refractivity contribution in [3.8, 4) is 0 Å². The first kappa shape index (κ1) is 36.7. The van der Waals surface area contributed by atoms with Gasteiger partial charge in [-0.2, -0.15) is 4.98 Å². The van der Waals surface area contributed by atoms with Crippen LogP contribution in [0.1, 0.15) is 90.0 Å². The van der Waals surface area contributed by atoms with E-state index >= 15 is 0 Å². The maximum absolute atomic E-state index is 13.0. The Bertz CT molecular complexity index is 1970. The van der Waals surface area contributed by atoms with Crippen LogP contribution in [0.4, 0.5) is 29.0 Å². The lowest BCUT2D eigenvalue weighted by Gasteiger charge is -2.34. The monoisotopic (exact) mass is 727 g/mol. The van der Waals surface area contributed by atoms with E-state index in [2.05, 4.69) is 80.3 Å². The number of hydrogen-bond acceptors (Lipinski definition) is 10. The van der Waals surface area contributed by atoms with Crippen LogP contribution in [0.2, 0.25) is 0 Å². The number of pyridine rings is 1. The van der Waals surface area contributed by atoms with Crippen molar-refractivity contribution in [2.24, 2.45) is 0 Å². The van der Waals surface area contributed by atoms with Crippen LogP contribution in [0.3, 0.4) is 0 Å². The van der Waals surface area contributed by atoms with Crippen LogP contribution in [-0.2, 0) is 22.4 Å². The van der Waals surface area contributed by atoms with Crippen LogP contribution in [0, 0.1) is 0 Å². The van der Waals surface area contributed by atoms with Gasteiger partial charge >= 0.3 is 0 Å². The van der Waals surface area contributed by atoms with Gasteiger partial charge in [-0.15, -0.1) is 6.58 Å². The van der Waals surface area contributed by atoms with Gasteiger partial charge in [-0.1, -0.05) is 43.3 Å². The summed E-state index contributed by atoms with van der Waals surface area (Å²) in [6, 6.07) is 21.0. The molecule has 54 heavy (non-hydrogen) atoms. The Kier molecular flexibility index (Phi) is 11.6. The van der Waals surface area contributed by atoms with Crippen molar-refractivity contribution < 1.29 is 14.4 Å². The fraction of sp³-hybridized carbons (Fsp3) is 0.381. The maximum Gasteiger partial charge on any atom is 0.256 e. The van der Waals surface area contributed by atoms with Crippen molar-refractivity contribution in [3.63, 3.8) is 0 Å². The van der Waals surface area contributed by atoms with Crippen LogP contribution in [0.15, 0.2) is 79.5 Å². The van der Waals surface area contributed by atoms with Crippen LogP contribution in [0.5, 0.6) is 0 Å². The molecule has 2 saturated heterocycles. The zero-order chi connectivity index (χ0) is 37.4. The summed E-state index contributed by atoms with van der Waals surface area (Å²) in [7, 11) is 0. The molecule has 5 N–H and O–H groups in total. The van der Waals surface area contributed by atoms with Gasteiger partial charge in [0.2, 0.25) is 17.8 Å². The fourth-order valence-electron chi connectivity index (χ4n) is 7.66. The zero-order valence-corrected chi connectivity index (χ0v) is 30.9. The van der Waals surface area contributed by atoms with Gasteiger partial charge in [0.05, 0.1) is 5.92 Å². The second kappa shape index (κ2) is 17.0. The van der Waals surface area contributed by atoms with E-state index in [9.17, 15) is 14.4 Å². The Labute approximate surface area is 316 Å². The molecule has 0 spiro atoms. The number of amides is 3. The minimum absolute atomic E-state index is 0.186. The summed E-state index contributed by atoms with van der Waals surface area (Å²) in [5.74, 6) is 0.922. The highest BCUT2D eigenvalue weighted by Crippen LogP contribution is 2.35. The van der Waals surface area contributed by atoms with E-state index in [4.69, 9.17) is 9.97 Å². The molecule has 12 heteroatoms. The first-order chi connectivity index (χ1) is 26.4. The number of aryl methyl sites for hydroxylation is 1. The molecule has 12 nitrogen and oxygen atoms in total. The summed E-state index contributed by atoms with van der Waals surface area (Å²) in [6.07, 6.45) is 10.4. The summed E-state index contributed by atoms with van der Waals surface area (Å²) < 4.78 is 0. The number of aromatic nitrogens is 3. The lowest BCUT2D eigenvalue weighted by atomic mass is 9.90. The molecule has 3 aliphatic rings. The van der Waals surface area contributed by atoms with Crippen LogP contribution in [-0.4, -0.2) is 64.9 Å². The number of rotatable bonds is 14. The van der Waals surface area contributed by atoms with E-state index in [0.717, 1.165) is 75.1 Å². The molecule has 4 aromatic rings. The van der Waals surface area contributed by atoms with Gasteiger partial charge in [0.1, 0.15) is 17.2 Å². The molecule has 1 aliphatic carbocycles. The van der Waals surface area contributed by atoms with Gasteiger partial charge in [-0.05, 0) is 98.5 Å². The Balaban J connectivity index is 0.900. The molecule has 2 aromatic heterocycles. The Morgan fingerprint density at radius 3 is 2.48 bits per heavy atom. The number of fused-ring (bicyclic) bond motifs is 1. The number of carbonyl (C=O) groups excluding carboxylic acids is 3. The zero-order valence-electron chi connectivity index (χ0n) is 30.9. The molecule has 0 bridgehead atoms. The third kappa shape index (κ3) is 8.77. The predicted molar refractivity (Wildman–Crippen MR) is 212 cm³/mol. The van der Waals surface area contributed by atoms with Gasteiger partial charge in [0, 0.05) is 61.3 Å². The third-order valence-corrected chi connectivity index (χ3v) is 10.8. The highest BCUT2D eigenvalue weighted by Gasteiger charge is 2.28. The number of piperidine rings is 2. The molecule has 2 unspecified atom stereocenters. The first-order valence-corrected chi connectivity index (χ1v) is 19.2. The number of nitrogens with one attached hydrogen (secondary N) is 5. The van der Waals surface area contributed by atoms with Crippen molar-refractivity contribution in [2.45, 2.75) is 76.2 Å². The molecule has 2 aliphatic heterocycles. The first-order valence-electron chi connectivity index (χ1n) is 19.2. The van der Waals surface area contributed by atoms with Gasteiger partial charge in [0.15, 0.2) is 0 Å². The molecular weight excluding hydrogens is 679 g/mol. The summed E-state index contributed by atoms with van der Waals surface area (Å²) in [5, 5.41) is 15.6. The largest absolute Gasteiger partial charge is 0.371 e. The van der Waals surface area contributed by atoms with E-state index in [1.807, 2.05) is 30.3 Å². The number of imide groups is 1. The Morgan fingerprint density at radius 2 is 1.74 bits per heavy atom. The minimum atomic E-state index is -0.293. The van der Waals surface area contributed by atoms with E-state index in [1.165, 1.54) is 23.0 Å². The summed E-state index contributed by atoms with van der Waals surface area (Å²) >= 11 is 0. The molecule has 4 heterocycles. The van der Waals surface area contributed by atoms with Crippen LogP contribution >= 0.6 is 0 Å². The Hall–Kier alpha value is -5.62. The number of benzene rings is 2. The Morgan fingerprint density at radius 1 is 0.944 bits per heavy atom. The van der Waals surface area contributed by atoms with Gasteiger partial charge < -0.3 is 26.2 Å². The van der Waals surface area contributed by atoms with Gasteiger partial charge in [0.25, 0.3) is 5.91 Å². The molecule has 3 amide bonds. The SMILES string of the molecule is C=CCNC(=O)c1cnc(Nc2ccc(CCNC3CCN(c4ccc(C5CCC(=O)NC5=O)cc4)CC3)cc2)nc1Nc1ccc2c(n1)C(CC)CC2. The third-order valence-electron chi connectivity index (χ3n) is 10.8. The van der Waals surface area contributed by atoms with E-state index in [0.29, 0.717) is 54.5 Å². The highest BCUT2D eigenvalue weighted by molar-refractivity contribution is 6.01. The van der Waals surface area contributed by atoms with Crippen molar-refractivity contribution in [1.82, 2.24) is 30.9 Å². The molecular formula is C42H49N9O3. The van der Waals surface area contributed by atoms with Gasteiger partial charge in [-0.25, -0.2) is 9.97 Å². The van der Waals surface area contributed by atoms with E-state index in [-0.39, 0.29) is 23.6 Å². The van der Waals surface area contributed by atoms with Crippen LogP contribution in [0.25, 0.3) is 0 Å². The standard InChI is InChI=1S/C42H49N9O3/c1-3-22-44-40(53)35-26-45-42(50-39(35)48-36-17-11-30-8-7-28(4-2)38(30)47-36)46-32-12-5-27(6-13-32)19-23-43-31-20-24-51(25-21-31)33-14-9-29(10-15-33)34-16-18-37(52)49-41(34)54/h3,5-6,9-15,17,26,28,31,34,43H,1,4,7-8,16,18-25H2,2H3,(H,44,53)(H,49,52,54)(H2,45,46,47,48,50). The summed E-state index contributed by atoms with van der Waals surface area (Å²) in [6.45, 7) is 9.06. The second-order valence-corrected chi connectivity index (χ2v) is 14.3. The molecule has 280 valence electrons. The van der Waals surface area contributed by atoms with E-state index < -0.39 is 0 Å². The normalized spacial score (nSPS) is 18.5. The second-order valence-electron chi connectivity index (χ2n) is 14.3. The fourth-order valence-corrected chi connectivity index (χ4v) is 7.66. The molecule has 2 atom stereocenters. The van der Waals surface area contributed by atoms with E-state index in [1.54, 1.807) is 6.08 Å². The molecule has 0 radical (unpaired) electrons. The predicted octanol–water partition coefficient (Wildman–Crippen LogP) is 6.04. The maximum atomic E-state index is 13.0. The molecule has 2 aromatic carbocycles. The summed E-state index contributed by atoms with van der Waals surface area (Å²) in [5.41, 5.74) is 6.95. The summed E-state index contributed by atoms with van der Waals surface area (Å²) in [4.78, 5) is 53.2. The molecule has 2 fully saturated rings. The average molecular weight is 728 g/mol. The van der Waals surface area contributed by atoms with Crippen molar-refractivity contribution in [3.05, 3.63) is 107 Å². The van der Waals surface area contributed by atoms with Crippen LogP contribution < -0.4 is 31.5 Å². The lowest BCUT2D eigenvalue weighted by Crippen LogP contribution is -2.43. The smallest absolute Gasteiger partial charge is 0.256 e. The average Bonchev–Trinajstić information content (AvgIpc) is 3.60. The minimum Gasteiger partial charge on any atom is -0.371 e. The quantitative estimate of drug-likeness (QED) is 0.0768. The molecule has 0 saturated carbocycles. The number of hydrogen-bond donors (Lipinski definition) is 5. The number of nitrogens with zero attached hydrogens (tertiary/aromatic N) is 4. The highest BCUT2D eigenvalue weighted by atomic mass is 16.2. The number of carbonyl (C=O) groups is 3. The van der Waals surface area contributed by atoms with Crippen molar-refractivity contribution >= 4 is 46.7 Å². The topological polar surface area (TPSA) is 153 Å². The van der Waals surface area contributed by atoms with Crippen molar-refractivity contribution in [2.75, 3.05) is 41.7 Å². The van der Waals surface area contributed by atoms with Gasteiger partial charge in [-0.3, -0.25) is 19.7 Å². The number of anilines is 5. The van der Waals surface area contributed by atoms with Crippen molar-refractivity contribution in [1.29, 1.82) is 0 Å². The molecule has 7 rings (SSSR count). The lowest BCUT2D eigenvalue weighted by molar-refractivity contribution is -0.134.